The summed E-state index contributed by atoms with van der Waals surface area (Å²) in [5, 5.41) is 10.4. The fraction of sp³-hybridized carbons (Fsp3) is 0.125. The van der Waals surface area contributed by atoms with Crippen molar-refractivity contribution in [3.05, 3.63) is 91.9 Å². The zero-order valence-corrected chi connectivity index (χ0v) is 18.7. The molecule has 7 nitrogen and oxygen atoms in total. The fourth-order valence-electron chi connectivity index (χ4n) is 4.02. The number of ether oxygens (including phenoxy) is 1. The zero-order chi connectivity index (χ0) is 22.6. The Labute approximate surface area is 191 Å². The van der Waals surface area contributed by atoms with Gasteiger partial charge in [-0.15, -0.1) is 0 Å². The van der Waals surface area contributed by atoms with E-state index in [9.17, 15) is 14.7 Å². The quantitative estimate of drug-likeness (QED) is 0.444. The summed E-state index contributed by atoms with van der Waals surface area (Å²) in [5.41, 5.74) is 1.55. The molecule has 32 heavy (non-hydrogen) atoms. The molecule has 4 aromatic rings. The van der Waals surface area contributed by atoms with Gasteiger partial charge in [0, 0.05) is 10.2 Å². The molecular formula is C24H17BrN2O5. The lowest BCUT2D eigenvalue weighted by Crippen LogP contribution is -2.30. The second kappa shape index (κ2) is 7.49. The maximum Gasteiger partial charge on any atom is 0.296 e. The van der Waals surface area contributed by atoms with Crippen LogP contribution in [0.4, 0.5) is 5.82 Å². The molecule has 1 aliphatic rings. The summed E-state index contributed by atoms with van der Waals surface area (Å²) in [4.78, 5) is 33.1. The van der Waals surface area contributed by atoms with Crippen molar-refractivity contribution in [2.75, 3.05) is 12.0 Å². The van der Waals surface area contributed by atoms with Crippen molar-refractivity contribution in [3.8, 4) is 11.5 Å². The number of hydrogen-bond acceptors (Lipinski definition) is 6. The maximum atomic E-state index is 13.6. The lowest BCUT2D eigenvalue weighted by molar-refractivity contribution is 0.0970. The van der Waals surface area contributed by atoms with E-state index < -0.39 is 11.9 Å². The van der Waals surface area contributed by atoms with Crippen molar-refractivity contribution < 1.29 is 19.1 Å². The van der Waals surface area contributed by atoms with Gasteiger partial charge in [0.2, 0.25) is 5.76 Å². The van der Waals surface area contributed by atoms with Gasteiger partial charge in [-0.2, -0.15) is 0 Å². The highest BCUT2D eigenvalue weighted by atomic mass is 79.9. The standard InChI is InChI=1S/C24H17BrN2O5/c1-12-4-3-5-19(26-12)27-21(13-6-8-16(28)18(10-13)31-2)20-22(29)15-11-14(25)7-9-17(15)32-23(20)24(27)30/h3-11,21,28H,1-2H3. The number of halogens is 1. The predicted molar refractivity (Wildman–Crippen MR) is 122 cm³/mol. The lowest BCUT2D eigenvalue weighted by Gasteiger charge is -2.24. The third-order valence-electron chi connectivity index (χ3n) is 5.47. The summed E-state index contributed by atoms with van der Waals surface area (Å²) < 4.78 is 11.9. The van der Waals surface area contributed by atoms with Crippen LogP contribution in [-0.4, -0.2) is 23.1 Å². The maximum absolute atomic E-state index is 13.6. The van der Waals surface area contributed by atoms with Crippen LogP contribution >= 0.6 is 15.9 Å². The molecular weight excluding hydrogens is 476 g/mol. The topological polar surface area (TPSA) is 92.9 Å². The first-order valence-corrected chi connectivity index (χ1v) is 10.6. The van der Waals surface area contributed by atoms with Gasteiger partial charge in [0.15, 0.2) is 16.9 Å². The van der Waals surface area contributed by atoms with Crippen LogP contribution in [-0.2, 0) is 0 Å². The number of aryl methyl sites for hydroxylation is 1. The number of amides is 1. The Bertz CT molecular complexity index is 1460. The first-order valence-electron chi connectivity index (χ1n) is 9.79. The summed E-state index contributed by atoms with van der Waals surface area (Å²) >= 11 is 3.39. The van der Waals surface area contributed by atoms with Crippen LogP contribution in [0, 0.1) is 6.92 Å². The molecule has 1 amide bonds. The second-order valence-electron chi connectivity index (χ2n) is 7.46. The monoisotopic (exact) mass is 492 g/mol. The zero-order valence-electron chi connectivity index (χ0n) is 17.1. The highest BCUT2D eigenvalue weighted by molar-refractivity contribution is 9.10. The van der Waals surface area contributed by atoms with Gasteiger partial charge in [-0.25, -0.2) is 4.98 Å². The molecule has 1 atom stereocenters. The van der Waals surface area contributed by atoms with Crippen molar-refractivity contribution in [1.29, 1.82) is 0 Å². The molecule has 0 bridgehead atoms. The number of carbonyl (C=O) groups excluding carboxylic acids is 1. The molecule has 0 saturated carbocycles. The number of phenolic OH excluding ortho intramolecular Hbond substituents is 1. The van der Waals surface area contributed by atoms with Gasteiger partial charge in [0.1, 0.15) is 11.4 Å². The van der Waals surface area contributed by atoms with Crippen molar-refractivity contribution in [2.45, 2.75) is 13.0 Å². The van der Waals surface area contributed by atoms with Crippen molar-refractivity contribution in [1.82, 2.24) is 4.98 Å². The summed E-state index contributed by atoms with van der Waals surface area (Å²) in [6.45, 7) is 1.82. The lowest BCUT2D eigenvalue weighted by atomic mass is 9.98. The van der Waals surface area contributed by atoms with E-state index >= 15 is 0 Å². The van der Waals surface area contributed by atoms with E-state index in [0.717, 1.165) is 10.2 Å². The van der Waals surface area contributed by atoms with Crippen molar-refractivity contribution in [3.63, 3.8) is 0 Å². The third kappa shape index (κ3) is 3.06. The van der Waals surface area contributed by atoms with Crippen LogP contribution in [0.3, 0.4) is 0 Å². The number of carbonyl (C=O) groups is 1. The molecule has 1 N–H and O–H groups in total. The number of phenols is 1. The molecule has 160 valence electrons. The molecule has 1 aliphatic heterocycles. The molecule has 0 radical (unpaired) electrons. The van der Waals surface area contributed by atoms with Gasteiger partial charge in [0.05, 0.1) is 24.1 Å². The summed E-state index contributed by atoms with van der Waals surface area (Å²) in [6, 6.07) is 14.3. The van der Waals surface area contributed by atoms with E-state index in [1.807, 2.05) is 13.0 Å². The molecule has 5 rings (SSSR count). The Morgan fingerprint density at radius 3 is 2.69 bits per heavy atom. The van der Waals surface area contributed by atoms with Crippen molar-refractivity contribution >= 4 is 38.6 Å². The van der Waals surface area contributed by atoms with E-state index in [0.29, 0.717) is 22.4 Å². The first kappa shape index (κ1) is 20.3. The number of hydrogen-bond donors (Lipinski definition) is 1. The molecule has 0 aliphatic carbocycles. The first-order chi connectivity index (χ1) is 15.4. The number of aromatic nitrogens is 1. The van der Waals surface area contributed by atoms with Crippen LogP contribution in [0.5, 0.6) is 11.5 Å². The average Bonchev–Trinajstić information content (AvgIpc) is 3.07. The highest BCUT2D eigenvalue weighted by Gasteiger charge is 2.44. The van der Waals surface area contributed by atoms with Crippen LogP contribution in [0.1, 0.15) is 33.4 Å². The van der Waals surface area contributed by atoms with Gasteiger partial charge in [-0.05, 0) is 55.0 Å². The SMILES string of the molecule is COc1cc(C2c3c(oc4ccc(Br)cc4c3=O)C(=O)N2c2cccc(C)n2)ccc1O. The van der Waals surface area contributed by atoms with E-state index in [4.69, 9.17) is 9.15 Å². The molecule has 0 fully saturated rings. The molecule has 0 saturated heterocycles. The van der Waals surface area contributed by atoms with E-state index in [1.165, 1.54) is 18.1 Å². The van der Waals surface area contributed by atoms with Crippen molar-refractivity contribution in [2.24, 2.45) is 0 Å². The number of pyridine rings is 1. The molecule has 0 spiro atoms. The Balaban J connectivity index is 1.83. The Kier molecular flexibility index (Phi) is 4.74. The van der Waals surface area contributed by atoms with E-state index in [2.05, 4.69) is 20.9 Å². The van der Waals surface area contributed by atoms with Gasteiger partial charge < -0.3 is 14.3 Å². The van der Waals surface area contributed by atoms with Gasteiger partial charge in [0.25, 0.3) is 5.91 Å². The Morgan fingerprint density at radius 2 is 1.94 bits per heavy atom. The molecule has 2 aromatic heterocycles. The minimum atomic E-state index is -0.805. The van der Waals surface area contributed by atoms with E-state index in [1.54, 1.807) is 42.5 Å². The smallest absolute Gasteiger partial charge is 0.296 e. The average molecular weight is 493 g/mol. The number of fused-ring (bicyclic) bond motifs is 2. The molecule has 3 heterocycles. The number of methoxy groups -OCH3 is 1. The van der Waals surface area contributed by atoms with E-state index in [-0.39, 0.29) is 28.3 Å². The Hall–Kier alpha value is -3.65. The summed E-state index contributed by atoms with van der Waals surface area (Å²) in [5.74, 6) is 0.0919. The number of benzene rings is 2. The third-order valence-corrected chi connectivity index (χ3v) is 5.97. The van der Waals surface area contributed by atoms with Crippen LogP contribution in [0.2, 0.25) is 0 Å². The largest absolute Gasteiger partial charge is 0.504 e. The van der Waals surface area contributed by atoms with Gasteiger partial charge in [-0.3, -0.25) is 14.5 Å². The van der Waals surface area contributed by atoms with Crippen LogP contribution < -0.4 is 15.1 Å². The Morgan fingerprint density at radius 1 is 1.12 bits per heavy atom. The molecule has 1 unspecified atom stereocenters. The second-order valence-corrected chi connectivity index (χ2v) is 8.38. The fourth-order valence-corrected chi connectivity index (χ4v) is 4.38. The highest BCUT2D eigenvalue weighted by Crippen LogP contribution is 2.42. The minimum absolute atomic E-state index is 0.0230. The van der Waals surface area contributed by atoms with Crippen LogP contribution in [0.15, 0.2) is 68.3 Å². The summed E-state index contributed by atoms with van der Waals surface area (Å²) in [6.07, 6.45) is 0. The number of rotatable bonds is 3. The molecule has 2 aromatic carbocycles. The van der Waals surface area contributed by atoms with Gasteiger partial charge in [-0.1, -0.05) is 28.1 Å². The van der Waals surface area contributed by atoms with Crippen LogP contribution in [0.25, 0.3) is 11.0 Å². The predicted octanol–water partition coefficient (Wildman–Crippen LogP) is 4.72. The number of aromatic hydroxyl groups is 1. The molecule has 8 heteroatoms. The minimum Gasteiger partial charge on any atom is -0.504 e. The summed E-state index contributed by atoms with van der Waals surface area (Å²) in [7, 11) is 1.44. The normalized spacial score (nSPS) is 15.3. The number of anilines is 1. The van der Waals surface area contributed by atoms with Gasteiger partial charge >= 0.3 is 0 Å². The number of nitrogens with zero attached hydrogens (tertiary/aromatic N) is 2.